The monoisotopic (exact) mass is 392 g/mol. The minimum atomic E-state index is -0.507. The molecule has 2 saturated carbocycles. The number of fused-ring (bicyclic) bond motifs is 2. The molecule has 1 heterocycles. The third-order valence-corrected chi connectivity index (χ3v) is 7.28. The Kier molecular flexibility index (Phi) is 6.93. The third-order valence-electron chi connectivity index (χ3n) is 6.23. The van der Waals surface area contributed by atoms with E-state index in [1.54, 1.807) is 16.9 Å². The molecule has 3 N–H and O–H groups in total. The van der Waals surface area contributed by atoms with Crippen molar-refractivity contribution in [2.45, 2.75) is 71.3 Å². The predicted molar refractivity (Wildman–Crippen MR) is 107 cm³/mol. The highest BCUT2D eigenvalue weighted by molar-refractivity contribution is 7.10. The van der Waals surface area contributed by atoms with Gasteiger partial charge < -0.3 is 5.32 Å². The van der Waals surface area contributed by atoms with Gasteiger partial charge >= 0.3 is 0 Å². The van der Waals surface area contributed by atoms with E-state index in [-0.39, 0.29) is 17.9 Å². The van der Waals surface area contributed by atoms with Gasteiger partial charge in [0.1, 0.15) is 0 Å². The quantitative estimate of drug-likeness (QED) is 0.466. The van der Waals surface area contributed by atoms with Crippen LogP contribution in [0.2, 0.25) is 0 Å². The van der Waals surface area contributed by atoms with Crippen LogP contribution in [0.15, 0.2) is 11.4 Å². The summed E-state index contributed by atoms with van der Waals surface area (Å²) < 4.78 is 0. The zero-order chi connectivity index (χ0) is 19.4. The van der Waals surface area contributed by atoms with Crippen LogP contribution in [0.1, 0.15) is 86.5 Å². The summed E-state index contributed by atoms with van der Waals surface area (Å²) in [6.45, 7) is 4.48. The van der Waals surface area contributed by atoms with Crippen molar-refractivity contribution >= 4 is 23.2 Å². The lowest BCUT2D eigenvalue weighted by Gasteiger charge is -2.41. The van der Waals surface area contributed by atoms with Crippen LogP contribution < -0.4 is 10.8 Å². The van der Waals surface area contributed by atoms with Crippen LogP contribution >= 0.6 is 11.3 Å². The number of carbonyl (C=O) groups excluding carboxylic acids is 2. The Balaban J connectivity index is 1.66. The van der Waals surface area contributed by atoms with Crippen LogP contribution in [0.4, 0.5) is 0 Å². The first-order valence-electron chi connectivity index (χ1n) is 10.3. The zero-order valence-corrected chi connectivity index (χ0v) is 17.2. The molecule has 0 spiro atoms. The Labute approximate surface area is 165 Å². The lowest BCUT2D eigenvalue weighted by atomic mass is 9.65. The summed E-state index contributed by atoms with van der Waals surface area (Å²) in [5.74, 6) is 2.02. The normalized spacial score (nSPS) is 28.4. The summed E-state index contributed by atoms with van der Waals surface area (Å²) in [6.07, 6.45) is 8.85. The molecule has 1 aromatic heterocycles. The van der Waals surface area contributed by atoms with Crippen molar-refractivity contribution < 1.29 is 14.8 Å². The number of thiophene rings is 1. The van der Waals surface area contributed by atoms with Crippen molar-refractivity contribution in [2.75, 3.05) is 0 Å². The molecule has 150 valence electrons. The highest BCUT2D eigenvalue weighted by Gasteiger charge is 2.37. The van der Waals surface area contributed by atoms with E-state index in [4.69, 9.17) is 5.21 Å². The molecule has 2 fully saturated rings. The first kappa shape index (κ1) is 20.3. The number of rotatable bonds is 7. The predicted octanol–water partition coefficient (Wildman–Crippen LogP) is 4.68. The third kappa shape index (κ3) is 5.11. The first-order valence-corrected chi connectivity index (χ1v) is 11.2. The largest absolute Gasteiger partial charge is 0.348 e. The highest BCUT2D eigenvalue weighted by atomic mass is 32.1. The number of carbonyl (C=O) groups is 2. The summed E-state index contributed by atoms with van der Waals surface area (Å²) in [4.78, 5) is 25.6. The summed E-state index contributed by atoms with van der Waals surface area (Å²) in [5, 5.41) is 13.8. The Hall–Kier alpha value is -1.40. The fourth-order valence-corrected chi connectivity index (χ4v) is 6.07. The van der Waals surface area contributed by atoms with Gasteiger partial charge in [0.05, 0.1) is 11.6 Å². The summed E-state index contributed by atoms with van der Waals surface area (Å²) in [6, 6.07) is 1.73. The minimum absolute atomic E-state index is 0.0524. The average Bonchev–Trinajstić information content (AvgIpc) is 3.13. The van der Waals surface area contributed by atoms with E-state index in [0.717, 1.165) is 42.9 Å². The van der Waals surface area contributed by atoms with Crippen LogP contribution in [-0.4, -0.2) is 17.0 Å². The molecule has 2 aliphatic rings. The number of hydrogen-bond acceptors (Lipinski definition) is 4. The van der Waals surface area contributed by atoms with Crippen molar-refractivity contribution in [3.63, 3.8) is 0 Å². The van der Waals surface area contributed by atoms with Gasteiger partial charge in [0.15, 0.2) is 0 Å². The second-order valence-electron chi connectivity index (χ2n) is 8.59. The van der Waals surface area contributed by atoms with Gasteiger partial charge in [-0.05, 0) is 62.3 Å². The smallest absolute Gasteiger partial charge is 0.275 e. The second-order valence-corrected chi connectivity index (χ2v) is 9.54. The molecule has 3 atom stereocenters. The van der Waals surface area contributed by atoms with Crippen LogP contribution in [0.25, 0.3) is 0 Å². The highest BCUT2D eigenvalue weighted by Crippen LogP contribution is 2.45. The maximum absolute atomic E-state index is 13.0. The Morgan fingerprint density at radius 3 is 2.56 bits per heavy atom. The molecule has 0 aliphatic heterocycles. The van der Waals surface area contributed by atoms with E-state index in [2.05, 4.69) is 19.2 Å². The standard InChI is InChI=1S/C21H32N2O3S/c1-3-4-5-18(19-11-17(12-27-19)21(25)23-26)22-20(24)16-9-14-6-13(2)7-15(8-14)10-16/h11-16,18,26H,3-10H2,1-2H3,(H,22,24)(H,23,25). The molecule has 0 radical (unpaired) electrons. The van der Waals surface area contributed by atoms with Crippen molar-refractivity contribution in [3.05, 3.63) is 21.9 Å². The molecule has 0 aromatic carbocycles. The van der Waals surface area contributed by atoms with E-state index in [9.17, 15) is 9.59 Å². The zero-order valence-electron chi connectivity index (χ0n) is 16.4. The van der Waals surface area contributed by atoms with Gasteiger partial charge in [0.25, 0.3) is 5.91 Å². The molecule has 0 saturated heterocycles. The molecule has 27 heavy (non-hydrogen) atoms. The van der Waals surface area contributed by atoms with Gasteiger partial charge in [0, 0.05) is 16.2 Å². The van der Waals surface area contributed by atoms with Gasteiger partial charge in [-0.25, -0.2) is 5.48 Å². The Morgan fingerprint density at radius 1 is 1.22 bits per heavy atom. The minimum Gasteiger partial charge on any atom is -0.348 e. The number of unbranched alkanes of at least 4 members (excludes halogenated alkanes) is 1. The van der Waals surface area contributed by atoms with Crippen LogP contribution in [0.5, 0.6) is 0 Å². The SMILES string of the molecule is CCCCC(NC(=O)C1CC2CC(C)CC(C2)C1)c1cc(C(=O)NO)cs1. The lowest BCUT2D eigenvalue weighted by molar-refractivity contribution is -0.128. The fourth-order valence-electron chi connectivity index (χ4n) is 5.10. The van der Waals surface area contributed by atoms with E-state index in [0.29, 0.717) is 17.4 Å². The van der Waals surface area contributed by atoms with Crippen LogP contribution in [-0.2, 0) is 4.79 Å². The number of nitrogens with one attached hydrogen (secondary N) is 2. The van der Waals surface area contributed by atoms with Crippen molar-refractivity contribution in [1.82, 2.24) is 10.8 Å². The second kappa shape index (κ2) is 9.20. The number of hydrogen-bond donors (Lipinski definition) is 3. The molecule has 3 rings (SSSR count). The van der Waals surface area contributed by atoms with Gasteiger partial charge in [-0.15, -0.1) is 11.3 Å². The number of amides is 2. The van der Waals surface area contributed by atoms with Crippen molar-refractivity contribution in [1.29, 1.82) is 0 Å². The number of hydroxylamine groups is 1. The average molecular weight is 393 g/mol. The van der Waals surface area contributed by atoms with Crippen LogP contribution in [0.3, 0.4) is 0 Å². The summed E-state index contributed by atoms with van der Waals surface area (Å²) >= 11 is 1.47. The molecule has 2 amide bonds. The fraction of sp³-hybridized carbons (Fsp3) is 0.714. The van der Waals surface area contributed by atoms with E-state index in [1.165, 1.54) is 30.6 Å². The summed E-state index contributed by atoms with van der Waals surface area (Å²) in [5.41, 5.74) is 2.11. The summed E-state index contributed by atoms with van der Waals surface area (Å²) in [7, 11) is 0. The molecular formula is C21H32N2O3S. The first-order chi connectivity index (χ1) is 13.0. The van der Waals surface area contributed by atoms with Crippen molar-refractivity contribution in [3.8, 4) is 0 Å². The molecule has 1 aromatic rings. The van der Waals surface area contributed by atoms with E-state index < -0.39 is 5.91 Å². The Morgan fingerprint density at radius 2 is 1.93 bits per heavy atom. The van der Waals surface area contributed by atoms with Crippen LogP contribution in [0, 0.1) is 23.7 Å². The maximum atomic E-state index is 13.0. The van der Waals surface area contributed by atoms with E-state index in [1.807, 2.05) is 0 Å². The Bertz CT molecular complexity index is 642. The molecule has 2 aliphatic carbocycles. The molecule has 3 unspecified atom stereocenters. The maximum Gasteiger partial charge on any atom is 0.275 e. The molecular weight excluding hydrogens is 360 g/mol. The van der Waals surface area contributed by atoms with E-state index >= 15 is 0 Å². The van der Waals surface area contributed by atoms with Gasteiger partial charge in [-0.3, -0.25) is 14.8 Å². The van der Waals surface area contributed by atoms with Crippen molar-refractivity contribution in [2.24, 2.45) is 23.7 Å². The van der Waals surface area contributed by atoms with Gasteiger partial charge in [-0.2, -0.15) is 0 Å². The molecule has 2 bridgehead atoms. The molecule has 6 heteroatoms. The van der Waals surface area contributed by atoms with Gasteiger partial charge in [-0.1, -0.05) is 26.7 Å². The lowest BCUT2D eigenvalue weighted by Crippen LogP contribution is -2.40. The topological polar surface area (TPSA) is 78.4 Å². The van der Waals surface area contributed by atoms with Gasteiger partial charge in [0.2, 0.25) is 5.91 Å². The molecule has 5 nitrogen and oxygen atoms in total.